The molecular formula is C51H32N6O. The molecule has 0 atom stereocenters. The maximum atomic E-state index is 9.76. The second-order valence-corrected chi connectivity index (χ2v) is 14.6. The lowest BCUT2D eigenvalue weighted by Crippen LogP contribution is -2.17. The molecule has 0 amide bonds. The van der Waals surface area contributed by atoms with Gasteiger partial charge in [-0.05, 0) is 72.8 Å². The number of hydrogen-bond acceptors (Lipinski definition) is 3. The third-order valence-corrected chi connectivity index (χ3v) is 11.4. The lowest BCUT2D eigenvalue weighted by atomic mass is 10.1. The van der Waals surface area contributed by atoms with Gasteiger partial charge in [0.05, 0.1) is 38.8 Å². The van der Waals surface area contributed by atoms with Crippen molar-refractivity contribution in [1.29, 1.82) is 5.41 Å². The molecule has 272 valence electrons. The largest absolute Gasteiger partial charge is 0.456 e. The number of amidine groups is 1. The Morgan fingerprint density at radius 1 is 0.552 bits per heavy atom. The SMILES string of the molecule is N=C(N=c1[nH]c2ccccc2nc1-c1ccc2c(c1)oc1ccccc12)c1ccccc1-n1c2ccccc2c2ccc3c(c4ccccc4n3-c3ccccc3)c21. The number of fused-ring (bicyclic) bond motifs is 11. The highest BCUT2D eigenvalue weighted by atomic mass is 16.3. The van der Waals surface area contributed by atoms with E-state index < -0.39 is 0 Å². The van der Waals surface area contributed by atoms with Crippen LogP contribution in [0, 0.1) is 5.41 Å². The number of aromatic nitrogens is 4. The summed E-state index contributed by atoms with van der Waals surface area (Å²) >= 11 is 0. The van der Waals surface area contributed by atoms with Crippen molar-refractivity contribution in [2.45, 2.75) is 0 Å². The van der Waals surface area contributed by atoms with E-state index in [-0.39, 0.29) is 5.84 Å². The monoisotopic (exact) mass is 744 g/mol. The van der Waals surface area contributed by atoms with E-state index in [1.54, 1.807) is 0 Å². The molecule has 7 nitrogen and oxygen atoms in total. The summed E-state index contributed by atoms with van der Waals surface area (Å²) in [6.07, 6.45) is 0. The Bertz CT molecular complexity index is 3720. The Balaban J connectivity index is 1.11. The summed E-state index contributed by atoms with van der Waals surface area (Å²) in [5.41, 5.74) is 12.3. The van der Waals surface area contributed by atoms with Gasteiger partial charge in [-0.3, -0.25) is 5.41 Å². The van der Waals surface area contributed by atoms with Crippen LogP contribution in [0.4, 0.5) is 0 Å². The quantitative estimate of drug-likeness (QED) is 0.139. The van der Waals surface area contributed by atoms with Crippen LogP contribution in [-0.2, 0) is 0 Å². The normalized spacial score (nSPS) is 12.3. The van der Waals surface area contributed by atoms with E-state index in [1.807, 2.05) is 66.7 Å². The Morgan fingerprint density at radius 2 is 1.22 bits per heavy atom. The Labute approximate surface area is 330 Å². The van der Waals surface area contributed by atoms with Crippen LogP contribution < -0.4 is 5.49 Å². The van der Waals surface area contributed by atoms with Crippen LogP contribution in [0.1, 0.15) is 5.56 Å². The zero-order valence-electron chi connectivity index (χ0n) is 31.0. The van der Waals surface area contributed by atoms with Crippen molar-refractivity contribution in [1.82, 2.24) is 19.1 Å². The van der Waals surface area contributed by atoms with Gasteiger partial charge in [-0.2, -0.15) is 0 Å². The lowest BCUT2D eigenvalue weighted by molar-refractivity contribution is 0.669. The molecule has 0 fully saturated rings. The van der Waals surface area contributed by atoms with Crippen molar-refractivity contribution in [3.05, 3.63) is 193 Å². The number of nitrogens with zero attached hydrogens (tertiary/aromatic N) is 4. The number of aromatic amines is 1. The van der Waals surface area contributed by atoms with Crippen molar-refractivity contribution in [2.24, 2.45) is 4.99 Å². The average molecular weight is 745 g/mol. The van der Waals surface area contributed by atoms with Crippen LogP contribution in [-0.4, -0.2) is 24.9 Å². The highest BCUT2D eigenvalue weighted by Crippen LogP contribution is 2.42. The first-order valence-corrected chi connectivity index (χ1v) is 19.3. The number of furan rings is 1. The van der Waals surface area contributed by atoms with Gasteiger partial charge < -0.3 is 18.5 Å². The van der Waals surface area contributed by atoms with Crippen molar-refractivity contribution in [3.8, 4) is 22.6 Å². The second-order valence-electron chi connectivity index (χ2n) is 14.6. The van der Waals surface area contributed by atoms with Crippen molar-refractivity contribution < 1.29 is 4.42 Å². The fraction of sp³-hybridized carbons (Fsp3) is 0. The van der Waals surface area contributed by atoms with Crippen LogP contribution in [0.25, 0.3) is 99.2 Å². The second kappa shape index (κ2) is 12.5. The van der Waals surface area contributed by atoms with E-state index in [9.17, 15) is 5.41 Å². The van der Waals surface area contributed by atoms with Gasteiger partial charge in [0.1, 0.15) is 16.9 Å². The molecule has 8 aromatic carbocycles. The van der Waals surface area contributed by atoms with E-state index in [1.165, 1.54) is 0 Å². The topological polar surface area (TPSA) is 87.9 Å². The summed E-state index contributed by atoms with van der Waals surface area (Å²) in [5.74, 6) is 0.111. The van der Waals surface area contributed by atoms with Crippen LogP contribution in [0.5, 0.6) is 0 Å². The molecule has 4 heterocycles. The maximum Gasteiger partial charge on any atom is 0.159 e. The fourth-order valence-corrected chi connectivity index (χ4v) is 8.85. The van der Waals surface area contributed by atoms with E-state index in [2.05, 4.69) is 129 Å². The molecule has 0 saturated carbocycles. The lowest BCUT2D eigenvalue weighted by Gasteiger charge is -2.14. The smallest absolute Gasteiger partial charge is 0.159 e. The molecular weight excluding hydrogens is 713 g/mol. The van der Waals surface area contributed by atoms with Crippen LogP contribution in [0.15, 0.2) is 191 Å². The van der Waals surface area contributed by atoms with Gasteiger partial charge in [0, 0.05) is 49.1 Å². The molecule has 0 bridgehead atoms. The summed E-state index contributed by atoms with van der Waals surface area (Å²) in [6, 6.07) is 62.5. The first-order valence-electron chi connectivity index (χ1n) is 19.3. The van der Waals surface area contributed by atoms with Gasteiger partial charge in [0.25, 0.3) is 0 Å². The minimum Gasteiger partial charge on any atom is -0.456 e. The summed E-state index contributed by atoms with van der Waals surface area (Å²) in [7, 11) is 0. The Kier molecular flexibility index (Phi) is 6.94. The average Bonchev–Trinajstić information content (AvgIpc) is 3.94. The molecule has 0 unspecified atom stereocenters. The fourth-order valence-electron chi connectivity index (χ4n) is 8.85. The Hall–Kier alpha value is -8.03. The zero-order valence-corrected chi connectivity index (χ0v) is 31.0. The molecule has 0 saturated heterocycles. The molecule has 0 aliphatic carbocycles. The molecule has 7 heteroatoms. The maximum absolute atomic E-state index is 9.76. The van der Waals surface area contributed by atoms with Gasteiger partial charge in [0.15, 0.2) is 11.3 Å². The molecule has 0 spiro atoms. The van der Waals surface area contributed by atoms with E-state index in [0.29, 0.717) is 16.7 Å². The van der Waals surface area contributed by atoms with E-state index in [4.69, 9.17) is 14.4 Å². The number of para-hydroxylation sites is 7. The summed E-state index contributed by atoms with van der Waals surface area (Å²) in [4.78, 5) is 13.7. The Morgan fingerprint density at radius 3 is 2.10 bits per heavy atom. The van der Waals surface area contributed by atoms with E-state index >= 15 is 0 Å². The first-order chi connectivity index (χ1) is 28.7. The molecule has 12 aromatic rings. The van der Waals surface area contributed by atoms with Gasteiger partial charge in [-0.25, -0.2) is 9.98 Å². The van der Waals surface area contributed by atoms with Gasteiger partial charge >= 0.3 is 0 Å². The van der Waals surface area contributed by atoms with Crippen LogP contribution in [0.3, 0.4) is 0 Å². The number of benzene rings is 8. The molecule has 0 aliphatic rings. The number of H-pyrrole nitrogens is 1. The molecule has 58 heavy (non-hydrogen) atoms. The third-order valence-electron chi connectivity index (χ3n) is 11.4. The summed E-state index contributed by atoms with van der Waals surface area (Å²) < 4.78 is 11.0. The van der Waals surface area contributed by atoms with E-state index in [0.717, 1.165) is 93.5 Å². The number of hydrogen-bond donors (Lipinski definition) is 2. The predicted octanol–water partition coefficient (Wildman–Crippen LogP) is 12.2. The minimum atomic E-state index is 0.111. The van der Waals surface area contributed by atoms with Gasteiger partial charge in [-0.15, -0.1) is 0 Å². The molecule has 4 aromatic heterocycles. The highest BCUT2D eigenvalue weighted by molar-refractivity contribution is 6.26. The summed E-state index contributed by atoms with van der Waals surface area (Å²) in [5, 5.41) is 16.5. The molecule has 0 aliphatic heterocycles. The van der Waals surface area contributed by atoms with Crippen LogP contribution in [0.2, 0.25) is 0 Å². The number of nitrogens with one attached hydrogen (secondary N) is 2. The first kappa shape index (κ1) is 32.2. The van der Waals surface area contributed by atoms with Gasteiger partial charge in [0.2, 0.25) is 0 Å². The minimum absolute atomic E-state index is 0.111. The van der Waals surface area contributed by atoms with Gasteiger partial charge in [-0.1, -0.05) is 109 Å². The van der Waals surface area contributed by atoms with Crippen molar-refractivity contribution in [3.63, 3.8) is 0 Å². The highest BCUT2D eigenvalue weighted by Gasteiger charge is 2.22. The van der Waals surface area contributed by atoms with Crippen LogP contribution >= 0.6 is 0 Å². The summed E-state index contributed by atoms with van der Waals surface area (Å²) in [6.45, 7) is 0. The molecule has 2 N–H and O–H groups in total. The van der Waals surface area contributed by atoms with Crippen molar-refractivity contribution >= 4 is 82.4 Å². The zero-order chi connectivity index (χ0) is 38.3. The predicted molar refractivity (Wildman–Crippen MR) is 236 cm³/mol. The standard InChI is InChI=1S/C51H32N6O/c52-50(55-51-48(53-39-20-8-9-21-40(39)54-51)31-26-27-35-34-17-7-13-25-45(34)58-46(35)30-31)38-19-6-12-24-43(38)57-41-22-10-4-16-33(41)36-28-29-44-47(49(36)57)37-18-5-11-23-42(37)56(44)32-14-2-1-3-15-32/h1-30H,(H2,52,54,55). The third kappa shape index (κ3) is 4.77. The van der Waals surface area contributed by atoms with Crippen molar-refractivity contribution in [2.75, 3.05) is 0 Å². The molecule has 0 radical (unpaired) electrons. The number of rotatable bonds is 4. The molecule has 12 rings (SSSR count).